The minimum Gasteiger partial charge on any atom is -0.484 e. The molecule has 0 radical (unpaired) electrons. The average Bonchev–Trinajstić information content (AvgIpc) is 3.10. The van der Waals surface area contributed by atoms with Crippen molar-refractivity contribution >= 4 is 56.5 Å². The van der Waals surface area contributed by atoms with E-state index in [-0.39, 0.29) is 30.2 Å². The summed E-state index contributed by atoms with van der Waals surface area (Å²) in [6, 6.07) is 18.6. The fourth-order valence-electron chi connectivity index (χ4n) is 3.54. The molecule has 0 spiro atoms. The monoisotopic (exact) mass is 564 g/mol. The fraction of sp³-hybridized carbons (Fsp3) is 0.179. The SMILES string of the molecule is Cc1ccc(CN2C(=O)S/C(=C/c3ccc(OCC(=O)Nc4cc(C)c(C)cc4Br)cc3)C2=O)cc1. The number of ether oxygens (including phenoxy) is 1. The van der Waals surface area contributed by atoms with Gasteiger partial charge in [0.05, 0.1) is 17.1 Å². The van der Waals surface area contributed by atoms with Crippen LogP contribution in [0.4, 0.5) is 10.5 Å². The van der Waals surface area contributed by atoms with Crippen molar-refractivity contribution in [2.75, 3.05) is 11.9 Å². The summed E-state index contributed by atoms with van der Waals surface area (Å²) < 4.78 is 6.42. The van der Waals surface area contributed by atoms with Gasteiger partial charge in [-0.3, -0.25) is 19.3 Å². The molecule has 3 amide bonds. The minimum atomic E-state index is -0.305. The van der Waals surface area contributed by atoms with Crippen molar-refractivity contribution in [2.45, 2.75) is 27.3 Å². The summed E-state index contributed by atoms with van der Waals surface area (Å²) in [5, 5.41) is 2.56. The van der Waals surface area contributed by atoms with Crippen molar-refractivity contribution in [1.29, 1.82) is 0 Å². The number of halogens is 1. The van der Waals surface area contributed by atoms with Gasteiger partial charge >= 0.3 is 0 Å². The van der Waals surface area contributed by atoms with Gasteiger partial charge in [0.25, 0.3) is 17.1 Å². The second-order valence-corrected chi connectivity index (χ2v) is 10.4. The molecule has 0 bridgehead atoms. The van der Waals surface area contributed by atoms with Gasteiger partial charge < -0.3 is 10.1 Å². The van der Waals surface area contributed by atoms with E-state index in [4.69, 9.17) is 4.74 Å². The van der Waals surface area contributed by atoms with Gasteiger partial charge in [0.15, 0.2) is 6.61 Å². The van der Waals surface area contributed by atoms with Gasteiger partial charge in [0.2, 0.25) is 0 Å². The number of benzene rings is 3. The molecule has 36 heavy (non-hydrogen) atoms. The molecule has 1 N–H and O–H groups in total. The highest BCUT2D eigenvalue weighted by Gasteiger charge is 2.34. The molecule has 1 fully saturated rings. The zero-order valence-electron chi connectivity index (χ0n) is 20.1. The Bertz CT molecular complexity index is 1350. The highest BCUT2D eigenvalue weighted by Crippen LogP contribution is 2.33. The molecular weight excluding hydrogens is 540 g/mol. The molecule has 1 aliphatic rings. The molecule has 4 rings (SSSR count). The molecule has 0 unspecified atom stereocenters. The van der Waals surface area contributed by atoms with E-state index in [1.165, 1.54) is 4.90 Å². The number of nitrogens with one attached hydrogen (secondary N) is 1. The summed E-state index contributed by atoms with van der Waals surface area (Å²) in [6.07, 6.45) is 1.69. The summed E-state index contributed by atoms with van der Waals surface area (Å²) in [5.74, 6) is -0.0562. The van der Waals surface area contributed by atoms with Crippen LogP contribution in [-0.4, -0.2) is 28.6 Å². The summed E-state index contributed by atoms with van der Waals surface area (Å²) in [5.41, 5.74) is 5.69. The maximum absolute atomic E-state index is 12.8. The number of amides is 3. The molecule has 0 aliphatic carbocycles. The number of nitrogens with zero attached hydrogens (tertiary/aromatic N) is 1. The molecule has 0 atom stereocenters. The first-order valence-electron chi connectivity index (χ1n) is 11.3. The maximum Gasteiger partial charge on any atom is 0.293 e. The first-order chi connectivity index (χ1) is 17.2. The minimum absolute atomic E-state index is 0.142. The van der Waals surface area contributed by atoms with E-state index in [1.807, 2.05) is 57.2 Å². The third kappa shape index (κ3) is 6.25. The van der Waals surface area contributed by atoms with Crippen LogP contribution in [0.5, 0.6) is 5.75 Å². The molecule has 0 saturated carbocycles. The van der Waals surface area contributed by atoms with Crippen LogP contribution in [0, 0.1) is 20.8 Å². The standard InChI is InChI=1S/C28H25BrN2O4S/c1-17-4-6-21(7-5-17)15-31-27(33)25(36-28(31)34)14-20-8-10-22(11-9-20)35-16-26(32)30-24-13-19(3)18(2)12-23(24)29/h4-14H,15-16H2,1-3H3,(H,30,32)/b25-14+. The van der Waals surface area contributed by atoms with E-state index in [2.05, 4.69) is 21.2 Å². The summed E-state index contributed by atoms with van der Waals surface area (Å²) in [7, 11) is 0. The van der Waals surface area contributed by atoms with E-state index in [9.17, 15) is 14.4 Å². The zero-order valence-corrected chi connectivity index (χ0v) is 22.5. The molecule has 184 valence electrons. The van der Waals surface area contributed by atoms with Crippen molar-refractivity contribution in [3.8, 4) is 5.75 Å². The molecule has 3 aromatic rings. The number of hydrogen-bond acceptors (Lipinski definition) is 5. The van der Waals surface area contributed by atoms with Gasteiger partial charge in [0.1, 0.15) is 5.75 Å². The zero-order chi connectivity index (χ0) is 25.8. The molecule has 1 heterocycles. The van der Waals surface area contributed by atoms with E-state index >= 15 is 0 Å². The summed E-state index contributed by atoms with van der Waals surface area (Å²) >= 11 is 4.40. The maximum atomic E-state index is 12.8. The van der Waals surface area contributed by atoms with Crippen LogP contribution in [0.3, 0.4) is 0 Å². The first kappa shape index (κ1) is 25.7. The van der Waals surface area contributed by atoms with Gasteiger partial charge in [-0.05, 0) is 101 Å². The Morgan fingerprint density at radius 2 is 1.67 bits per heavy atom. The van der Waals surface area contributed by atoms with Crippen molar-refractivity contribution in [3.63, 3.8) is 0 Å². The molecule has 0 aromatic heterocycles. The van der Waals surface area contributed by atoms with Gasteiger partial charge in [-0.15, -0.1) is 0 Å². The highest BCUT2D eigenvalue weighted by molar-refractivity contribution is 9.10. The second kappa shape index (κ2) is 11.1. The Balaban J connectivity index is 1.34. The molecule has 6 nitrogen and oxygen atoms in total. The number of aryl methyl sites for hydroxylation is 3. The lowest BCUT2D eigenvalue weighted by atomic mass is 10.1. The lowest BCUT2D eigenvalue weighted by Gasteiger charge is -2.12. The molecule has 1 saturated heterocycles. The van der Waals surface area contributed by atoms with Crippen LogP contribution in [-0.2, 0) is 16.1 Å². The Labute approximate surface area is 222 Å². The van der Waals surface area contributed by atoms with E-state index < -0.39 is 0 Å². The van der Waals surface area contributed by atoms with Crippen molar-refractivity contribution in [1.82, 2.24) is 4.90 Å². The van der Waals surface area contributed by atoms with E-state index in [0.29, 0.717) is 16.3 Å². The van der Waals surface area contributed by atoms with Crippen LogP contribution < -0.4 is 10.1 Å². The second-order valence-electron chi connectivity index (χ2n) is 8.58. The summed E-state index contributed by atoms with van der Waals surface area (Å²) in [4.78, 5) is 39.2. The number of carbonyl (C=O) groups excluding carboxylic acids is 3. The van der Waals surface area contributed by atoms with Crippen LogP contribution in [0.1, 0.15) is 27.8 Å². The van der Waals surface area contributed by atoms with Crippen molar-refractivity contribution in [3.05, 3.63) is 97.9 Å². The molecule has 8 heteroatoms. The van der Waals surface area contributed by atoms with Gasteiger partial charge in [0, 0.05) is 4.47 Å². The van der Waals surface area contributed by atoms with Gasteiger partial charge in [-0.1, -0.05) is 42.0 Å². The van der Waals surface area contributed by atoms with Gasteiger partial charge in [-0.2, -0.15) is 0 Å². The smallest absolute Gasteiger partial charge is 0.293 e. The number of anilines is 1. The van der Waals surface area contributed by atoms with Crippen LogP contribution in [0.25, 0.3) is 6.08 Å². The Morgan fingerprint density at radius 3 is 2.36 bits per heavy atom. The number of imide groups is 1. The van der Waals surface area contributed by atoms with Crippen molar-refractivity contribution in [2.24, 2.45) is 0 Å². The van der Waals surface area contributed by atoms with E-state index in [1.54, 1.807) is 30.3 Å². The average molecular weight is 565 g/mol. The number of rotatable bonds is 7. The number of hydrogen-bond donors (Lipinski definition) is 1. The quantitative estimate of drug-likeness (QED) is 0.326. The van der Waals surface area contributed by atoms with Crippen LogP contribution >= 0.6 is 27.7 Å². The third-order valence-electron chi connectivity index (χ3n) is 5.74. The fourth-order valence-corrected chi connectivity index (χ4v) is 4.93. The Kier molecular flexibility index (Phi) is 7.96. The normalized spacial score (nSPS) is 14.4. The number of carbonyl (C=O) groups is 3. The van der Waals surface area contributed by atoms with Gasteiger partial charge in [-0.25, -0.2) is 0 Å². The van der Waals surface area contributed by atoms with Crippen molar-refractivity contribution < 1.29 is 19.1 Å². The first-order valence-corrected chi connectivity index (χ1v) is 12.9. The molecular formula is C28H25BrN2O4S. The molecule has 1 aliphatic heterocycles. The third-order valence-corrected chi connectivity index (χ3v) is 7.30. The summed E-state index contributed by atoms with van der Waals surface area (Å²) in [6.45, 7) is 6.09. The van der Waals surface area contributed by atoms with E-state index in [0.717, 1.165) is 44.1 Å². The Morgan fingerprint density at radius 1 is 1.00 bits per heavy atom. The highest BCUT2D eigenvalue weighted by atomic mass is 79.9. The predicted octanol–water partition coefficient (Wildman–Crippen LogP) is 6.63. The predicted molar refractivity (Wildman–Crippen MR) is 147 cm³/mol. The topological polar surface area (TPSA) is 75.7 Å². The number of thioether (sulfide) groups is 1. The molecule has 3 aromatic carbocycles. The van der Waals surface area contributed by atoms with Crippen LogP contribution in [0.15, 0.2) is 70.0 Å². The largest absolute Gasteiger partial charge is 0.484 e. The Hall–Kier alpha value is -3.36. The lowest BCUT2D eigenvalue weighted by Crippen LogP contribution is -2.27. The lowest BCUT2D eigenvalue weighted by molar-refractivity contribution is -0.123. The van der Waals surface area contributed by atoms with Crippen LogP contribution in [0.2, 0.25) is 0 Å².